The zero-order valence-electron chi connectivity index (χ0n) is 17.2. The summed E-state index contributed by atoms with van der Waals surface area (Å²) in [7, 11) is 0. The highest BCUT2D eigenvalue weighted by Gasteiger charge is 2.36. The number of carbonyl (C=O) groups excluding carboxylic acids is 1. The number of likely N-dealkylation sites (tertiary alicyclic amines) is 1. The average Bonchev–Trinajstić information content (AvgIpc) is 2.77. The molecule has 2 aromatic rings. The molecule has 0 bridgehead atoms. The van der Waals surface area contributed by atoms with Crippen LogP contribution in [-0.4, -0.2) is 43.7 Å². The number of amides is 1. The highest BCUT2D eigenvalue weighted by Crippen LogP contribution is 2.36. The second-order valence-electron chi connectivity index (χ2n) is 8.37. The minimum absolute atomic E-state index is 0.151. The Morgan fingerprint density at radius 3 is 2.66 bits per heavy atom. The van der Waals surface area contributed by atoms with Crippen molar-refractivity contribution in [1.29, 1.82) is 0 Å². The van der Waals surface area contributed by atoms with Crippen molar-refractivity contribution in [3.63, 3.8) is 0 Å². The molecule has 0 spiro atoms. The van der Waals surface area contributed by atoms with Crippen molar-refractivity contribution in [1.82, 2.24) is 4.90 Å². The molecule has 0 radical (unpaired) electrons. The van der Waals surface area contributed by atoms with Gasteiger partial charge in [0.15, 0.2) is 11.5 Å². The molecule has 1 amide bonds. The van der Waals surface area contributed by atoms with Gasteiger partial charge in [0.25, 0.3) is 0 Å². The predicted molar refractivity (Wildman–Crippen MR) is 112 cm³/mol. The van der Waals surface area contributed by atoms with Crippen molar-refractivity contribution in [3.8, 4) is 17.2 Å². The molecule has 1 unspecified atom stereocenters. The first-order chi connectivity index (χ1) is 14.0. The molecule has 2 aromatic carbocycles. The largest absolute Gasteiger partial charge is 0.493 e. The van der Waals surface area contributed by atoms with E-state index >= 15 is 0 Å². The SMILES string of the molecule is CC(C)(C(=O)N1CCCC(COc2ccccc2)C1)c1ccc2c(c1)OCCO2. The van der Waals surface area contributed by atoms with E-state index in [0.29, 0.717) is 25.7 Å². The third-order valence-corrected chi connectivity index (χ3v) is 5.83. The maximum Gasteiger partial charge on any atom is 0.232 e. The standard InChI is InChI=1S/C24H29NO4/c1-24(2,19-10-11-21-22(15-19)28-14-13-27-21)23(26)25-12-6-7-18(16-25)17-29-20-8-4-3-5-9-20/h3-5,8-11,15,18H,6-7,12-14,16-17H2,1-2H3. The summed E-state index contributed by atoms with van der Waals surface area (Å²) in [5.41, 5.74) is 0.326. The van der Waals surface area contributed by atoms with Gasteiger partial charge in [-0.1, -0.05) is 24.3 Å². The van der Waals surface area contributed by atoms with Gasteiger partial charge < -0.3 is 19.1 Å². The van der Waals surface area contributed by atoms with Crippen molar-refractivity contribution in [3.05, 3.63) is 54.1 Å². The fourth-order valence-corrected chi connectivity index (χ4v) is 4.07. The van der Waals surface area contributed by atoms with Gasteiger partial charge in [0, 0.05) is 19.0 Å². The highest BCUT2D eigenvalue weighted by molar-refractivity contribution is 5.87. The van der Waals surface area contributed by atoms with Crippen molar-refractivity contribution in [2.45, 2.75) is 32.1 Å². The maximum atomic E-state index is 13.4. The van der Waals surface area contributed by atoms with E-state index in [9.17, 15) is 4.79 Å². The van der Waals surface area contributed by atoms with Crippen LogP contribution in [0.15, 0.2) is 48.5 Å². The summed E-state index contributed by atoms with van der Waals surface area (Å²) in [6.45, 7) is 7.26. The van der Waals surface area contributed by atoms with Crippen LogP contribution in [0.5, 0.6) is 17.2 Å². The molecule has 154 valence electrons. The van der Waals surface area contributed by atoms with Crippen LogP contribution in [0.25, 0.3) is 0 Å². The van der Waals surface area contributed by atoms with E-state index in [1.54, 1.807) is 0 Å². The number of para-hydroxylation sites is 1. The predicted octanol–water partition coefficient (Wildman–Crippen LogP) is 4.05. The van der Waals surface area contributed by atoms with Gasteiger partial charge in [0.1, 0.15) is 19.0 Å². The fourth-order valence-electron chi connectivity index (χ4n) is 4.07. The molecular weight excluding hydrogens is 366 g/mol. The summed E-state index contributed by atoms with van der Waals surface area (Å²) in [5, 5.41) is 0. The van der Waals surface area contributed by atoms with Crippen LogP contribution in [0, 0.1) is 5.92 Å². The molecule has 4 rings (SSSR count). The monoisotopic (exact) mass is 395 g/mol. The normalized spacial score (nSPS) is 19.0. The van der Waals surface area contributed by atoms with E-state index in [0.717, 1.165) is 48.7 Å². The first-order valence-electron chi connectivity index (χ1n) is 10.4. The van der Waals surface area contributed by atoms with Crippen molar-refractivity contribution < 1.29 is 19.0 Å². The van der Waals surface area contributed by atoms with Gasteiger partial charge >= 0.3 is 0 Å². The van der Waals surface area contributed by atoms with E-state index in [-0.39, 0.29) is 5.91 Å². The van der Waals surface area contributed by atoms with Crippen LogP contribution in [0.2, 0.25) is 0 Å². The van der Waals surface area contributed by atoms with Crippen molar-refractivity contribution in [2.24, 2.45) is 5.92 Å². The molecule has 1 saturated heterocycles. The number of fused-ring (bicyclic) bond motifs is 1. The number of hydrogen-bond donors (Lipinski definition) is 0. The zero-order valence-corrected chi connectivity index (χ0v) is 17.2. The first kappa shape index (κ1) is 19.6. The summed E-state index contributed by atoms with van der Waals surface area (Å²) in [6.07, 6.45) is 2.09. The molecule has 5 heteroatoms. The number of carbonyl (C=O) groups is 1. The third-order valence-electron chi connectivity index (χ3n) is 5.83. The molecule has 5 nitrogen and oxygen atoms in total. The van der Waals surface area contributed by atoms with Gasteiger partial charge in [-0.05, 0) is 56.5 Å². The number of ether oxygens (including phenoxy) is 3. The lowest BCUT2D eigenvalue weighted by molar-refractivity contribution is -0.138. The van der Waals surface area contributed by atoms with E-state index in [2.05, 4.69) is 0 Å². The zero-order chi connectivity index (χ0) is 20.3. The Hall–Kier alpha value is -2.69. The minimum Gasteiger partial charge on any atom is -0.493 e. The fraction of sp³-hybridized carbons (Fsp3) is 0.458. The minimum atomic E-state index is -0.627. The average molecular weight is 395 g/mol. The molecular formula is C24H29NO4. The number of piperidine rings is 1. The number of rotatable bonds is 5. The van der Waals surface area contributed by atoms with E-state index in [1.165, 1.54) is 0 Å². The van der Waals surface area contributed by atoms with E-state index in [1.807, 2.05) is 67.3 Å². The van der Waals surface area contributed by atoms with Gasteiger partial charge in [-0.3, -0.25) is 4.79 Å². The van der Waals surface area contributed by atoms with Crippen molar-refractivity contribution >= 4 is 5.91 Å². The lowest BCUT2D eigenvalue weighted by Crippen LogP contribution is -2.48. The summed E-state index contributed by atoms with van der Waals surface area (Å²) in [5.74, 6) is 2.86. The Bertz CT molecular complexity index is 849. The summed E-state index contributed by atoms with van der Waals surface area (Å²) < 4.78 is 17.3. The quantitative estimate of drug-likeness (QED) is 0.766. The van der Waals surface area contributed by atoms with E-state index < -0.39 is 5.41 Å². The molecule has 0 saturated carbocycles. The number of benzene rings is 2. The smallest absolute Gasteiger partial charge is 0.232 e. The molecule has 29 heavy (non-hydrogen) atoms. The third kappa shape index (κ3) is 4.34. The van der Waals surface area contributed by atoms with Crippen LogP contribution >= 0.6 is 0 Å². The lowest BCUT2D eigenvalue weighted by Gasteiger charge is -2.38. The Morgan fingerprint density at radius 2 is 1.86 bits per heavy atom. The van der Waals surface area contributed by atoms with Crippen LogP contribution < -0.4 is 14.2 Å². The molecule has 1 fully saturated rings. The van der Waals surface area contributed by atoms with Crippen LogP contribution in [0.3, 0.4) is 0 Å². The number of hydrogen-bond acceptors (Lipinski definition) is 4. The van der Waals surface area contributed by atoms with Gasteiger partial charge in [-0.15, -0.1) is 0 Å². The Labute approximate surface area is 172 Å². The molecule has 2 heterocycles. The summed E-state index contributed by atoms with van der Waals surface area (Å²) >= 11 is 0. The van der Waals surface area contributed by atoms with Gasteiger partial charge in [0.05, 0.1) is 12.0 Å². The molecule has 0 N–H and O–H groups in total. The molecule has 0 aromatic heterocycles. The second kappa shape index (κ2) is 8.36. The van der Waals surface area contributed by atoms with Gasteiger partial charge in [-0.2, -0.15) is 0 Å². The number of nitrogens with zero attached hydrogens (tertiary/aromatic N) is 1. The molecule has 2 aliphatic rings. The second-order valence-corrected chi connectivity index (χ2v) is 8.37. The lowest BCUT2D eigenvalue weighted by atomic mass is 9.82. The summed E-state index contributed by atoms with van der Waals surface area (Å²) in [6, 6.07) is 15.7. The topological polar surface area (TPSA) is 48.0 Å². The van der Waals surface area contributed by atoms with Crippen LogP contribution in [0.1, 0.15) is 32.3 Å². The summed E-state index contributed by atoms with van der Waals surface area (Å²) in [4.78, 5) is 15.4. The Kier molecular flexibility index (Phi) is 5.65. The van der Waals surface area contributed by atoms with Gasteiger partial charge in [-0.25, -0.2) is 0 Å². The van der Waals surface area contributed by atoms with Crippen LogP contribution in [0.4, 0.5) is 0 Å². The van der Waals surface area contributed by atoms with E-state index in [4.69, 9.17) is 14.2 Å². The van der Waals surface area contributed by atoms with Crippen LogP contribution in [-0.2, 0) is 10.2 Å². The highest BCUT2D eigenvalue weighted by atomic mass is 16.6. The molecule has 2 aliphatic heterocycles. The molecule has 0 aliphatic carbocycles. The van der Waals surface area contributed by atoms with Crippen molar-refractivity contribution in [2.75, 3.05) is 32.9 Å². The molecule has 1 atom stereocenters. The Morgan fingerprint density at radius 1 is 1.10 bits per heavy atom. The first-order valence-corrected chi connectivity index (χ1v) is 10.4. The maximum absolute atomic E-state index is 13.4. The Balaban J connectivity index is 1.42. The van der Waals surface area contributed by atoms with Gasteiger partial charge in [0.2, 0.25) is 5.91 Å².